The monoisotopic (exact) mass is 216 g/mol. The van der Waals surface area contributed by atoms with Crippen LogP contribution < -0.4 is 5.32 Å². The average Bonchev–Trinajstić information content (AvgIpc) is 2.45. The number of carbonyl (C=O) groups is 1. The molecule has 0 aromatic carbocycles. The number of amides is 1. The summed E-state index contributed by atoms with van der Waals surface area (Å²) in [5.74, 6) is 1.40. The van der Waals surface area contributed by atoms with Crippen LogP contribution in [0.1, 0.15) is 26.7 Å². The van der Waals surface area contributed by atoms with Crippen LogP contribution in [0, 0.1) is 0 Å². The van der Waals surface area contributed by atoms with E-state index in [2.05, 4.69) is 18.5 Å². The zero-order valence-corrected chi connectivity index (χ0v) is 10.1. The Balaban J connectivity index is 2.43. The summed E-state index contributed by atoms with van der Waals surface area (Å²) in [5, 5.41) is 3.30. The Hall–Kier alpha value is -0.220. The molecule has 1 rings (SSSR count). The van der Waals surface area contributed by atoms with Crippen LogP contribution in [0.15, 0.2) is 0 Å². The lowest BCUT2D eigenvalue weighted by molar-refractivity contribution is -0.129. The van der Waals surface area contributed by atoms with Crippen molar-refractivity contribution in [3.8, 4) is 0 Å². The molecule has 14 heavy (non-hydrogen) atoms. The van der Waals surface area contributed by atoms with Gasteiger partial charge in [0.25, 0.3) is 0 Å². The van der Waals surface area contributed by atoms with Gasteiger partial charge in [0.1, 0.15) is 0 Å². The average molecular weight is 216 g/mol. The fraction of sp³-hybridized carbons (Fsp3) is 0.900. The molecule has 1 heterocycles. The Labute approximate surface area is 90.6 Å². The molecule has 0 spiro atoms. The molecule has 2 atom stereocenters. The Morgan fingerprint density at radius 3 is 2.86 bits per heavy atom. The molecule has 0 bridgehead atoms. The van der Waals surface area contributed by atoms with Crippen LogP contribution in [0.5, 0.6) is 0 Å². The van der Waals surface area contributed by atoms with Gasteiger partial charge in [-0.05, 0) is 31.8 Å². The third-order valence-electron chi connectivity index (χ3n) is 2.61. The Bertz CT molecular complexity index is 199. The van der Waals surface area contributed by atoms with Crippen molar-refractivity contribution in [1.29, 1.82) is 0 Å². The summed E-state index contributed by atoms with van der Waals surface area (Å²) in [6, 6.07) is 0.00855. The first-order valence-electron chi connectivity index (χ1n) is 5.26. The van der Waals surface area contributed by atoms with Crippen molar-refractivity contribution in [3.63, 3.8) is 0 Å². The predicted octanol–water partition coefficient (Wildman–Crippen LogP) is 1.30. The van der Waals surface area contributed by atoms with Crippen molar-refractivity contribution >= 4 is 17.7 Å². The zero-order valence-electron chi connectivity index (χ0n) is 9.25. The molecule has 0 aliphatic carbocycles. The molecule has 1 fully saturated rings. The SMILES string of the molecule is CCC1NC(C)C(=O)N1CCCSC. The fourth-order valence-corrected chi connectivity index (χ4v) is 2.25. The van der Waals surface area contributed by atoms with Crippen LogP contribution in [0.3, 0.4) is 0 Å². The van der Waals surface area contributed by atoms with Crippen molar-refractivity contribution in [2.45, 2.75) is 38.9 Å². The van der Waals surface area contributed by atoms with Gasteiger partial charge in [0.2, 0.25) is 5.91 Å². The van der Waals surface area contributed by atoms with Crippen LogP contribution in [-0.4, -0.2) is 41.6 Å². The second-order valence-electron chi connectivity index (χ2n) is 3.69. The van der Waals surface area contributed by atoms with E-state index >= 15 is 0 Å². The van der Waals surface area contributed by atoms with E-state index in [-0.39, 0.29) is 18.1 Å². The maximum atomic E-state index is 11.7. The van der Waals surface area contributed by atoms with Crippen LogP contribution in [0.4, 0.5) is 0 Å². The van der Waals surface area contributed by atoms with E-state index in [1.807, 2.05) is 23.6 Å². The largest absolute Gasteiger partial charge is 0.326 e. The van der Waals surface area contributed by atoms with E-state index in [1.165, 1.54) is 0 Å². The van der Waals surface area contributed by atoms with Crippen LogP contribution in [-0.2, 0) is 4.79 Å². The highest BCUT2D eigenvalue weighted by molar-refractivity contribution is 7.98. The van der Waals surface area contributed by atoms with Crippen molar-refractivity contribution in [1.82, 2.24) is 10.2 Å². The summed E-state index contributed by atoms with van der Waals surface area (Å²) < 4.78 is 0. The first-order chi connectivity index (χ1) is 6.70. The van der Waals surface area contributed by atoms with Crippen LogP contribution >= 0.6 is 11.8 Å². The van der Waals surface area contributed by atoms with Gasteiger partial charge in [-0.3, -0.25) is 10.1 Å². The van der Waals surface area contributed by atoms with E-state index in [1.54, 1.807) is 0 Å². The highest BCUT2D eigenvalue weighted by Gasteiger charge is 2.34. The summed E-state index contributed by atoms with van der Waals surface area (Å²) >= 11 is 1.84. The molecule has 2 unspecified atom stereocenters. The molecule has 1 N–H and O–H groups in total. The molecule has 0 saturated carbocycles. The number of hydrogen-bond donors (Lipinski definition) is 1. The Kier molecular flexibility index (Phi) is 4.75. The van der Waals surface area contributed by atoms with Crippen molar-refractivity contribution < 1.29 is 4.79 Å². The quantitative estimate of drug-likeness (QED) is 0.703. The van der Waals surface area contributed by atoms with E-state index in [0.29, 0.717) is 0 Å². The normalized spacial score (nSPS) is 27.4. The first kappa shape index (κ1) is 11.9. The number of nitrogens with one attached hydrogen (secondary N) is 1. The molecule has 1 saturated heterocycles. The van der Waals surface area contributed by atoms with Gasteiger partial charge in [-0.1, -0.05) is 6.92 Å². The molecule has 1 aliphatic rings. The molecule has 0 aromatic rings. The Morgan fingerprint density at radius 1 is 1.57 bits per heavy atom. The number of thioether (sulfide) groups is 1. The fourth-order valence-electron chi connectivity index (χ4n) is 1.84. The van der Waals surface area contributed by atoms with Gasteiger partial charge in [-0.2, -0.15) is 11.8 Å². The maximum Gasteiger partial charge on any atom is 0.240 e. The van der Waals surface area contributed by atoms with Gasteiger partial charge in [-0.15, -0.1) is 0 Å². The molecule has 4 heteroatoms. The highest BCUT2D eigenvalue weighted by Crippen LogP contribution is 2.14. The summed E-state index contributed by atoms with van der Waals surface area (Å²) in [4.78, 5) is 13.7. The van der Waals surface area contributed by atoms with Crippen LogP contribution in [0.25, 0.3) is 0 Å². The van der Waals surface area contributed by atoms with E-state index in [4.69, 9.17) is 0 Å². The topological polar surface area (TPSA) is 32.3 Å². The molecule has 82 valence electrons. The van der Waals surface area contributed by atoms with Crippen molar-refractivity contribution in [2.75, 3.05) is 18.6 Å². The minimum absolute atomic E-state index is 0.00855. The second kappa shape index (κ2) is 5.61. The summed E-state index contributed by atoms with van der Waals surface area (Å²) in [6.45, 7) is 4.96. The molecule has 0 aromatic heterocycles. The molecule has 3 nitrogen and oxygen atoms in total. The number of carbonyl (C=O) groups excluding carboxylic acids is 1. The van der Waals surface area contributed by atoms with Gasteiger partial charge >= 0.3 is 0 Å². The molecule has 1 amide bonds. The number of hydrogen-bond acceptors (Lipinski definition) is 3. The van der Waals surface area contributed by atoms with E-state index in [0.717, 1.165) is 25.1 Å². The standard InChI is InChI=1S/C10H20N2OS/c1-4-9-11-8(2)10(13)12(9)6-5-7-14-3/h8-9,11H,4-7H2,1-3H3. The van der Waals surface area contributed by atoms with Gasteiger partial charge in [-0.25, -0.2) is 0 Å². The van der Waals surface area contributed by atoms with Gasteiger partial charge < -0.3 is 4.90 Å². The summed E-state index contributed by atoms with van der Waals surface area (Å²) in [6.07, 6.45) is 4.45. The smallest absolute Gasteiger partial charge is 0.240 e. The summed E-state index contributed by atoms with van der Waals surface area (Å²) in [5.41, 5.74) is 0. The number of nitrogens with zero attached hydrogens (tertiary/aromatic N) is 1. The van der Waals surface area contributed by atoms with Gasteiger partial charge in [0.05, 0.1) is 12.2 Å². The second-order valence-corrected chi connectivity index (χ2v) is 4.68. The minimum atomic E-state index is 0.00855. The zero-order chi connectivity index (χ0) is 10.6. The first-order valence-corrected chi connectivity index (χ1v) is 6.65. The molecule has 0 radical (unpaired) electrons. The van der Waals surface area contributed by atoms with Gasteiger partial charge in [0.15, 0.2) is 0 Å². The lowest BCUT2D eigenvalue weighted by atomic mass is 10.3. The molecular weight excluding hydrogens is 196 g/mol. The number of rotatable bonds is 5. The lowest BCUT2D eigenvalue weighted by Gasteiger charge is -2.22. The maximum absolute atomic E-state index is 11.7. The Morgan fingerprint density at radius 2 is 2.29 bits per heavy atom. The highest BCUT2D eigenvalue weighted by atomic mass is 32.2. The van der Waals surface area contributed by atoms with Gasteiger partial charge in [0, 0.05) is 6.54 Å². The van der Waals surface area contributed by atoms with Crippen molar-refractivity contribution in [3.05, 3.63) is 0 Å². The minimum Gasteiger partial charge on any atom is -0.326 e. The molecule has 1 aliphatic heterocycles. The third-order valence-corrected chi connectivity index (χ3v) is 3.30. The summed E-state index contributed by atoms with van der Waals surface area (Å²) in [7, 11) is 0. The lowest BCUT2D eigenvalue weighted by Crippen LogP contribution is -2.37. The predicted molar refractivity (Wildman–Crippen MR) is 61.4 cm³/mol. The third kappa shape index (κ3) is 2.64. The van der Waals surface area contributed by atoms with Crippen LogP contribution in [0.2, 0.25) is 0 Å². The van der Waals surface area contributed by atoms with Crippen molar-refractivity contribution in [2.24, 2.45) is 0 Å². The van der Waals surface area contributed by atoms with E-state index < -0.39 is 0 Å². The van der Waals surface area contributed by atoms with E-state index in [9.17, 15) is 4.79 Å². The molecular formula is C10H20N2OS.